The fourth-order valence-electron chi connectivity index (χ4n) is 0.417. The van der Waals surface area contributed by atoms with Gasteiger partial charge in [0.05, 0.1) is 0 Å². The van der Waals surface area contributed by atoms with Crippen molar-refractivity contribution in [1.29, 1.82) is 0 Å². The number of rotatable bonds is 3. The predicted molar refractivity (Wildman–Crippen MR) is 35.0 cm³/mol. The number of halogens is 3. The molecule has 0 amide bonds. The highest BCUT2D eigenvalue weighted by molar-refractivity contribution is 6.34. The van der Waals surface area contributed by atoms with Crippen molar-refractivity contribution in [2.45, 2.75) is 18.6 Å². The van der Waals surface area contributed by atoms with Gasteiger partial charge in [0.15, 0.2) is 0 Å². The third-order valence-electron chi connectivity index (χ3n) is 0.809. The third-order valence-corrected chi connectivity index (χ3v) is 3.08. The summed E-state index contributed by atoms with van der Waals surface area (Å²) < 4.78 is 38.8. The first-order valence-electron chi connectivity index (χ1n) is 2.62. The second-order valence-corrected chi connectivity index (χ2v) is 5.14. The minimum absolute atomic E-state index is 0.229. The lowest BCUT2D eigenvalue weighted by molar-refractivity contribution is -0.130. The van der Waals surface area contributed by atoms with Gasteiger partial charge in [-0.1, -0.05) is 0 Å². The summed E-state index contributed by atoms with van der Waals surface area (Å²) >= 11 is 0. The molecule has 1 nitrogen and oxygen atoms in total. The first kappa shape index (κ1) is 9.18. The highest BCUT2D eigenvalue weighted by Crippen LogP contribution is 2.20. The summed E-state index contributed by atoms with van der Waals surface area (Å²) in [6.45, 7) is 0. The van der Waals surface area contributed by atoms with Crippen molar-refractivity contribution >= 4 is 20.2 Å². The molecule has 0 bridgehead atoms. The lowest BCUT2D eigenvalue weighted by Gasteiger charge is -2.03. The van der Waals surface area contributed by atoms with E-state index in [9.17, 15) is 13.2 Å². The molecule has 0 spiro atoms. The van der Waals surface area contributed by atoms with Crippen molar-refractivity contribution < 1.29 is 17.3 Å². The second-order valence-electron chi connectivity index (χ2n) is 1.71. The fourth-order valence-corrected chi connectivity index (χ4v) is 2.12. The van der Waals surface area contributed by atoms with Crippen LogP contribution in [-0.4, -0.2) is 26.4 Å². The van der Waals surface area contributed by atoms with E-state index < -0.39 is 22.4 Å². The van der Waals surface area contributed by atoms with Crippen LogP contribution in [0.3, 0.4) is 0 Å². The highest BCUT2D eigenvalue weighted by Gasteiger charge is 2.25. The summed E-state index contributed by atoms with van der Waals surface area (Å²) in [5, 5.41) is 0. The molecule has 0 aromatic carbocycles. The Labute approximate surface area is 57.1 Å². The Hall–Kier alpha value is 0.184. The van der Waals surface area contributed by atoms with E-state index >= 15 is 0 Å². The van der Waals surface area contributed by atoms with E-state index in [1.807, 2.05) is 0 Å². The van der Waals surface area contributed by atoms with Crippen LogP contribution in [0.4, 0.5) is 13.2 Å². The molecule has 0 radical (unpaired) electrons. The van der Waals surface area contributed by atoms with Gasteiger partial charge in [0.1, 0.15) is 20.2 Å². The van der Waals surface area contributed by atoms with Crippen LogP contribution in [-0.2, 0) is 4.12 Å². The van der Waals surface area contributed by atoms with E-state index in [2.05, 4.69) is 0 Å². The molecule has 0 aliphatic carbocycles. The largest absolute Gasteiger partial charge is 0.468 e. The van der Waals surface area contributed by atoms with Crippen LogP contribution < -0.4 is 0 Å². The molecular formula is C3H9F3OSi2. The van der Waals surface area contributed by atoms with Crippen LogP contribution in [0, 0.1) is 0 Å². The number of alkyl halides is 3. The van der Waals surface area contributed by atoms with E-state index in [0.717, 1.165) is 0 Å². The summed E-state index contributed by atoms with van der Waals surface area (Å²) in [5.74, 6) is 0. The van der Waals surface area contributed by atoms with Gasteiger partial charge in [0.25, 0.3) is 0 Å². The summed E-state index contributed by atoms with van der Waals surface area (Å²) in [4.78, 5) is 0. The molecule has 0 fully saturated rings. The molecule has 6 heteroatoms. The predicted octanol–water partition coefficient (Wildman–Crippen LogP) is -0.262. The summed E-state index contributed by atoms with van der Waals surface area (Å²) in [7, 11) is -0.232. The summed E-state index contributed by atoms with van der Waals surface area (Å²) in [6, 6.07) is 0.229. The van der Waals surface area contributed by atoms with Crippen LogP contribution in [0.2, 0.25) is 6.04 Å². The monoisotopic (exact) mass is 174 g/mol. The average Bonchev–Trinajstić information content (AvgIpc) is 1.63. The molecule has 0 unspecified atom stereocenters. The van der Waals surface area contributed by atoms with Gasteiger partial charge < -0.3 is 4.12 Å². The molecule has 0 N–H and O–H groups in total. The Balaban J connectivity index is 3.07. The van der Waals surface area contributed by atoms with Gasteiger partial charge in [-0.15, -0.1) is 0 Å². The van der Waals surface area contributed by atoms with E-state index in [4.69, 9.17) is 4.12 Å². The maximum absolute atomic E-state index is 11.4. The minimum atomic E-state index is -3.98. The Morgan fingerprint density at radius 3 is 2.33 bits per heavy atom. The molecule has 0 heterocycles. The van der Waals surface area contributed by atoms with Crippen molar-refractivity contribution in [2.75, 3.05) is 0 Å². The maximum Gasteiger partial charge on any atom is 0.388 e. The molecule has 56 valence electrons. The normalized spacial score (nSPS) is 13.7. The van der Waals surface area contributed by atoms with Crippen molar-refractivity contribution in [3.63, 3.8) is 0 Å². The molecule has 0 saturated heterocycles. The fraction of sp³-hybridized carbons (Fsp3) is 1.00. The third kappa shape index (κ3) is 8.18. The van der Waals surface area contributed by atoms with Crippen LogP contribution >= 0.6 is 0 Å². The zero-order chi connectivity index (χ0) is 7.33. The highest BCUT2D eigenvalue weighted by atomic mass is 28.3. The van der Waals surface area contributed by atoms with Gasteiger partial charge in [0.2, 0.25) is 0 Å². The standard InChI is InChI=1S/C3H9F3OSi2/c4-3(5,6)1-2-9-7-8/h1-2,9H2,8H3. The SMILES string of the molecule is FC(F)(F)CC[SiH2]O[SiH3]. The zero-order valence-electron chi connectivity index (χ0n) is 5.16. The molecule has 0 aliphatic heterocycles. The van der Waals surface area contributed by atoms with Crippen molar-refractivity contribution in [1.82, 2.24) is 0 Å². The molecule has 0 atom stereocenters. The molecule has 0 rings (SSSR count). The lowest BCUT2D eigenvalue weighted by Crippen LogP contribution is -2.08. The quantitative estimate of drug-likeness (QED) is 0.423. The van der Waals surface area contributed by atoms with Crippen LogP contribution in [0.1, 0.15) is 6.42 Å². The van der Waals surface area contributed by atoms with Crippen molar-refractivity contribution in [3.8, 4) is 0 Å². The molecule has 0 saturated carbocycles. The van der Waals surface area contributed by atoms with Crippen LogP contribution in [0.15, 0.2) is 0 Å². The van der Waals surface area contributed by atoms with Gasteiger partial charge in [-0.3, -0.25) is 0 Å². The van der Waals surface area contributed by atoms with E-state index in [-0.39, 0.29) is 6.04 Å². The number of hydrogen-bond acceptors (Lipinski definition) is 1. The first-order valence-corrected chi connectivity index (χ1v) is 5.01. The lowest BCUT2D eigenvalue weighted by atomic mass is 10.5. The van der Waals surface area contributed by atoms with Gasteiger partial charge in [-0.2, -0.15) is 13.2 Å². The maximum atomic E-state index is 11.4. The first-order chi connectivity index (χ1) is 4.06. The molecule has 0 aromatic heterocycles. The van der Waals surface area contributed by atoms with Gasteiger partial charge >= 0.3 is 6.18 Å². The summed E-state index contributed by atoms with van der Waals surface area (Å²) in [5.41, 5.74) is 0. The van der Waals surface area contributed by atoms with E-state index in [1.165, 1.54) is 0 Å². The Morgan fingerprint density at radius 2 is 2.00 bits per heavy atom. The Bertz CT molecular complexity index is 73.9. The Kier molecular flexibility index (Phi) is 4.16. The smallest absolute Gasteiger partial charge is 0.388 e. The Morgan fingerprint density at radius 1 is 1.44 bits per heavy atom. The molecule has 9 heavy (non-hydrogen) atoms. The topological polar surface area (TPSA) is 9.23 Å². The molecule has 0 aliphatic rings. The number of hydrogen-bond donors (Lipinski definition) is 0. The summed E-state index contributed by atoms with van der Waals surface area (Å²) in [6.07, 6.45) is -4.64. The van der Waals surface area contributed by atoms with Gasteiger partial charge in [0, 0.05) is 6.42 Å². The zero-order valence-corrected chi connectivity index (χ0v) is 8.58. The molecule has 0 aromatic rings. The van der Waals surface area contributed by atoms with Crippen LogP contribution in [0.25, 0.3) is 0 Å². The van der Waals surface area contributed by atoms with E-state index in [0.29, 0.717) is 10.5 Å². The average molecular weight is 174 g/mol. The second kappa shape index (κ2) is 4.07. The van der Waals surface area contributed by atoms with Crippen molar-refractivity contribution in [2.24, 2.45) is 0 Å². The van der Waals surface area contributed by atoms with Gasteiger partial charge in [-0.25, -0.2) is 0 Å². The van der Waals surface area contributed by atoms with E-state index in [1.54, 1.807) is 0 Å². The van der Waals surface area contributed by atoms with Crippen LogP contribution in [0.5, 0.6) is 0 Å². The molecular weight excluding hydrogens is 165 g/mol. The minimum Gasteiger partial charge on any atom is -0.468 e. The van der Waals surface area contributed by atoms with Gasteiger partial charge in [-0.05, 0) is 6.04 Å². The van der Waals surface area contributed by atoms with Crippen molar-refractivity contribution in [3.05, 3.63) is 0 Å².